The molecule has 3 rings (SSSR count). The first-order valence-electron chi connectivity index (χ1n) is 10.3. The van der Waals surface area contributed by atoms with E-state index in [9.17, 15) is 4.79 Å². The molecule has 0 bridgehead atoms. The van der Waals surface area contributed by atoms with Crippen LogP contribution in [0.3, 0.4) is 0 Å². The lowest BCUT2D eigenvalue weighted by molar-refractivity contribution is -0.129. The van der Waals surface area contributed by atoms with Crippen LogP contribution in [0, 0.1) is 0 Å². The van der Waals surface area contributed by atoms with Gasteiger partial charge in [-0.3, -0.25) is 4.79 Å². The summed E-state index contributed by atoms with van der Waals surface area (Å²) in [6.45, 7) is 9.29. The Balaban J connectivity index is 2.10. The quantitative estimate of drug-likeness (QED) is 0.743. The van der Waals surface area contributed by atoms with Crippen LogP contribution in [0.25, 0.3) is 0 Å². The van der Waals surface area contributed by atoms with Crippen LogP contribution in [0.15, 0.2) is 60.7 Å². The van der Waals surface area contributed by atoms with Gasteiger partial charge in [-0.2, -0.15) is 0 Å². The summed E-state index contributed by atoms with van der Waals surface area (Å²) >= 11 is 0. The molecule has 1 amide bonds. The molecule has 0 saturated carbocycles. The molecule has 1 aliphatic heterocycles. The number of hydrogen-bond donors (Lipinski definition) is 1. The predicted molar refractivity (Wildman–Crippen MR) is 120 cm³/mol. The van der Waals surface area contributed by atoms with Crippen LogP contribution < -0.4 is 15.7 Å². The highest BCUT2D eigenvalue weighted by Crippen LogP contribution is 2.39. The van der Waals surface area contributed by atoms with Gasteiger partial charge in [0.25, 0.3) is 8.32 Å². The van der Waals surface area contributed by atoms with E-state index >= 15 is 0 Å². The smallest absolute Gasteiger partial charge is 0.261 e. The van der Waals surface area contributed by atoms with Crippen molar-refractivity contribution < 1.29 is 14.0 Å². The van der Waals surface area contributed by atoms with Gasteiger partial charge in [0.1, 0.15) is 0 Å². The van der Waals surface area contributed by atoms with E-state index in [2.05, 4.69) is 74.6 Å². The largest absolute Gasteiger partial charge is 0.404 e. The number of carbonyl (C=O) groups excluding carboxylic acids is 1. The molecule has 0 aromatic heterocycles. The zero-order valence-corrected chi connectivity index (χ0v) is 19.2. The number of amides is 1. The Bertz CT molecular complexity index is 780. The highest BCUT2D eigenvalue weighted by molar-refractivity contribution is 6.99. The Morgan fingerprint density at radius 2 is 1.55 bits per heavy atom. The summed E-state index contributed by atoms with van der Waals surface area (Å²) in [7, 11) is -1.00. The molecule has 2 aromatic carbocycles. The monoisotopic (exact) mass is 411 g/mol. The van der Waals surface area contributed by atoms with E-state index in [0.717, 1.165) is 6.42 Å². The SMILES string of the molecule is COCC1(C)CC(O[Si](c2ccccc2)(c2ccccc2)C(C)(C)C)CC(=O)N1. The van der Waals surface area contributed by atoms with Crippen molar-refractivity contribution in [1.29, 1.82) is 0 Å². The van der Waals surface area contributed by atoms with Gasteiger partial charge in [0.15, 0.2) is 0 Å². The Morgan fingerprint density at radius 3 is 2.00 bits per heavy atom. The molecule has 1 fully saturated rings. The summed E-state index contributed by atoms with van der Waals surface area (Å²) in [6.07, 6.45) is 0.955. The van der Waals surface area contributed by atoms with Crippen LogP contribution in [0.4, 0.5) is 0 Å². The second kappa shape index (κ2) is 8.42. The normalized spacial score (nSPS) is 22.9. The summed E-state index contributed by atoms with van der Waals surface area (Å²) in [5.41, 5.74) is -0.417. The molecule has 0 radical (unpaired) electrons. The van der Waals surface area contributed by atoms with E-state index in [0.29, 0.717) is 13.0 Å². The van der Waals surface area contributed by atoms with Crippen molar-refractivity contribution in [3.63, 3.8) is 0 Å². The third kappa shape index (κ3) is 4.47. The molecular formula is C24H33NO3Si. The number of benzene rings is 2. The third-order valence-electron chi connectivity index (χ3n) is 5.76. The lowest BCUT2D eigenvalue weighted by Crippen LogP contribution is -2.69. The first-order valence-corrected chi connectivity index (χ1v) is 12.2. The molecule has 2 aromatic rings. The molecule has 156 valence electrons. The zero-order valence-electron chi connectivity index (χ0n) is 18.2. The fourth-order valence-corrected chi connectivity index (χ4v) is 9.34. The van der Waals surface area contributed by atoms with Gasteiger partial charge in [-0.25, -0.2) is 0 Å². The third-order valence-corrected chi connectivity index (χ3v) is 10.8. The van der Waals surface area contributed by atoms with Crippen molar-refractivity contribution in [2.75, 3.05) is 13.7 Å². The van der Waals surface area contributed by atoms with Crippen molar-refractivity contribution in [2.24, 2.45) is 0 Å². The van der Waals surface area contributed by atoms with E-state index in [1.807, 2.05) is 19.1 Å². The summed E-state index contributed by atoms with van der Waals surface area (Å²) < 4.78 is 12.5. The van der Waals surface area contributed by atoms with Gasteiger partial charge in [-0.15, -0.1) is 0 Å². The fourth-order valence-electron chi connectivity index (χ4n) is 4.66. The molecular weight excluding hydrogens is 378 g/mol. The number of methoxy groups -OCH3 is 1. The van der Waals surface area contributed by atoms with E-state index in [4.69, 9.17) is 9.16 Å². The van der Waals surface area contributed by atoms with Gasteiger partial charge in [0.05, 0.1) is 24.7 Å². The lowest BCUT2D eigenvalue weighted by Gasteiger charge is -2.48. The van der Waals surface area contributed by atoms with Gasteiger partial charge in [-0.05, 0) is 28.8 Å². The van der Waals surface area contributed by atoms with E-state index in [1.165, 1.54) is 10.4 Å². The number of nitrogens with one attached hydrogen (secondary N) is 1. The highest BCUT2D eigenvalue weighted by Gasteiger charge is 2.52. The van der Waals surface area contributed by atoms with Crippen LogP contribution in [-0.4, -0.2) is 39.6 Å². The van der Waals surface area contributed by atoms with Crippen LogP contribution >= 0.6 is 0 Å². The topological polar surface area (TPSA) is 47.6 Å². The van der Waals surface area contributed by atoms with Crippen molar-refractivity contribution >= 4 is 24.6 Å². The van der Waals surface area contributed by atoms with Crippen LogP contribution in [-0.2, 0) is 14.0 Å². The van der Waals surface area contributed by atoms with Gasteiger partial charge in [0, 0.05) is 7.11 Å². The molecule has 2 atom stereocenters. The first kappa shape index (κ1) is 21.7. The van der Waals surface area contributed by atoms with Crippen molar-refractivity contribution in [3.8, 4) is 0 Å². The summed E-state index contributed by atoms with van der Waals surface area (Å²) in [5.74, 6) is 0.0266. The molecule has 29 heavy (non-hydrogen) atoms. The predicted octanol–water partition coefficient (Wildman–Crippen LogP) is 3.25. The maximum atomic E-state index is 12.5. The molecule has 4 nitrogen and oxygen atoms in total. The minimum absolute atomic E-state index is 0.0266. The Hall–Kier alpha value is -1.95. The standard InChI is InChI=1S/C24H33NO3Si/c1-23(2,3)29(20-12-8-6-9-13-20,21-14-10-7-11-15-21)28-19-16-22(26)25-24(4,17-19)18-27-5/h6-15,19H,16-18H2,1-5H3,(H,25,26). The molecule has 2 unspecified atom stereocenters. The van der Waals surface area contributed by atoms with Gasteiger partial charge in [0.2, 0.25) is 5.91 Å². The average molecular weight is 412 g/mol. The van der Waals surface area contributed by atoms with Gasteiger partial charge in [-0.1, -0.05) is 81.4 Å². The summed E-state index contributed by atoms with van der Waals surface area (Å²) in [5, 5.41) is 5.46. The Kier molecular flexibility index (Phi) is 6.32. The Morgan fingerprint density at radius 1 is 1.03 bits per heavy atom. The number of hydrogen-bond acceptors (Lipinski definition) is 3. The molecule has 1 N–H and O–H groups in total. The van der Waals surface area contributed by atoms with Crippen LogP contribution in [0.1, 0.15) is 40.5 Å². The molecule has 0 aliphatic carbocycles. The minimum atomic E-state index is -2.67. The van der Waals surface area contributed by atoms with E-state index in [-0.39, 0.29) is 17.0 Å². The second-order valence-electron chi connectivity index (χ2n) is 9.35. The molecule has 1 heterocycles. The maximum Gasteiger partial charge on any atom is 0.261 e. The van der Waals surface area contributed by atoms with Crippen LogP contribution in [0.5, 0.6) is 0 Å². The molecule has 1 saturated heterocycles. The van der Waals surface area contributed by atoms with Gasteiger partial charge >= 0.3 is 0 Å². The van der Waals surface area contributed by atoms with Crippen molar-refractivity contribution in [1.82, 2.24) is 5.32 Å². The second-order valence-corrected chi connectivity index (χ2v) is 13.6. The number of piperidine rings is 1. The number of carbonyl (C=O) groups is 1. The lowest BCUT2D eigenvalue weighted by atomic mass is 9.89. The molecule has 1 aliphatic rings. The number of rotatable bonds is 6. The van der Waals surface area contributed by atoms with E-state index in [1.54, 1.807) is 7.11 Å². The van der Waals surface area contributed by atoms with Crippen molar-refractivity contribution in [3.05, 3.63) is 60.7 Å². The number of ether oxygens (including phenoxy) is 1. The Labute approximate surface area is 175 Å². The summed E-state index contributed by atoms with van der Waals surface area (Å²) in [4.78, 5) is 12.5. The zero-order chi connectivity index (χ0) is 21.1. The highest BCUT2D eigenvalue weighted by atomic mass is 28.4. The fraction of sp³-hybridized carbons (Fsp3) is 0.458. The molecule has 0 spiro atoms. The molecule has 5 heteroatoms. The van der Waals surface area contributed by atoms with Crippen LogP contribution in [0.2, 0.25) is 5.04 Å². The van der Waals surface area contributed by atoms with Crippen molar-refractivity contribution in [2.45, 2.75) is 57.2 Å². The van der Waals surface area contributed by atoms with E-state index < -0.39 is 13.9 Å². The maximum absolute atomic E-state index is 12.5. The van der Waals surface area contributed by atoms with Gasteiger partial charge < -0.3 is 14.5 Å². The average Bonchev–Trinajstić information content (AvgIpc) is 2.66. The summed E-state index contributed by atoms with van der Waals surface area (Å²) in [6, 6.07) is 21.1. The first-order chi connectivity index (χ1) is 13.7. The minimum Gasteiger partial charge on any atom is -0.404 e.